The van der Waals surface area contributed by atoms with Crippen molar-refractivity contribution in [3.63, 3.8) is 0 Å². The summed E-state index contributed by atoms with van der Waals surface area (Å²) in [7, 11) is 0. The maximum atomic E-state index is 13.7. The Morgan fingerprint density at radius 1 is 1.30 bits per heavy atom. The van der Waals surface area contributed by atoms with Crippen molar-refractivity contribution in [2.24, 2.45) is 10.4 Å². The lowest BCUT2D eigenvalue weighted by atomic mass is 9.87. The summed E-state index contributed by atoms with van der Waals surface area (Å²) in [5.74, 6) is 0.403. The van der Waals surface area contributed by atoms with Crippen molar-refractivity contribution in [1.82, 2.24) is 10.2 Å². The minimum absolute atomic E-state index is 0.0654. The minimum atomic E-state index is -4.83. The third-order valence-electron chi connectivity index (χ3n) is 5.44. The normalized spacial score (nSPS) is 25.8. The Bertz CT molecular complexity index is 660. The van der Waals surface area contributed by atoms with E-state index in [-0.39, 0.29) is 11.0 Å². The second kappa shape index (κ2) is 7.67. The molecule has 5 nitrogen and oxygen atoms in total. The molecule has 2 aliphatic rings. The van der Waals surface area contributed by atoms with E-state index in [0.29, 0.717) is 32.2 Å². The number of nitrogens with zero attached hydrogens (tertiary/aromatic N) is 2. The van der Waals surface area contributed by atoms with Gasteiger partial charge in [0.2, 0.25) is 5.60 Å². The number of hydrogen-bond acceptors (Lipinski definition) is 3. The fraction of sp³-hybridized carbons (Fsp3) is 0.632. The van der Waals surface area contributed by atoms with Gasteiger partial charge >= 0.3 is 6.18 Å². The first-order valence-corrected chi connectivity index (χ1v) is 9.25. The second-order valence-electron chi connectivity index (χ2n) is 7.37. The summed E-state index contributed by atoms with van der Waals surface area (Å²) in [5, 5.41) is 13.5. The molecule has 2 unspecified atom stereocenters. The van der Waals surface area contributed by atoms with Crippen LogP contribution < -0.4 is 5.32 Å². The van der Waals surface area contributed by atoms with Crippen LogP contribution in [0.5, 0.6) is 0 Å². The topological polar surface area (TPSA) is 57.1 Å². The number of alkyl halides is 3. The van der Waals surface area contributed by atoms with Gasteiger partial charge in [0.25, 0.3) is 0 Å². The molecule has 1 spiro atoms. The smallest absolute Gasteiger partial charge is 0.381 e. The lowest BCUT2D eigenvalue weighted by molar-refractivity contribution is -0.262. The summed E-state index contributed by atoms with van der Waals surface area (Å²) < 4.78 is 46.5. The van der Waals surface area contributed by atoms with Crippen LogP contribution in [0.4, 0.5) is 13.2 Å². The number of ether oxygens (including phenoxy) is 1. The maximum Gasteiger partial charge on any atom is 0.423 e. The zero-order valence-electron chi connectivity index (χ0n) is 15.4. The van der Waals surface area contributed by atoms with E-state index >= 15 is 0 Å². The maximum absolute atomic E-state index is 13.7. The average Bonchev–Trinajstić information content (AvgIpc) is 3.28. The number of guanidine groups is 1. The van der Waals surface area contributed by atoms with Gasteiger partial charge in [0.05, 0.1) is 13.2 Å². The quantitative estimate of drug-likeness (QED) is 0.618. The number of rotatable bonds is 4. The first-order chi connectivity index (χ1) is 12.8. The molecule has 8 heteroatoms. The van der Waals surface area contributed by atoms with Crippen molar-refractivity contribution < 1.29 is 23.0 Å². The van der Waals surface area contributed by atoms with Gasteiger partial charge in [-0.05, 0) is 25.3 Å². The van der Waals surface area contributed by atoms with Gasteiger partial charge in [-0.3, -0.25) is 0 Å². The number of likely N-dealkylation sites (tertiary alicyclic amines) is 1. The first-order valence-electron chi connectivity index (χ1n) is 9.25. The van der Waals surface area contributed by atoms with E-state index < -0.39 is 18.3 Å². The van der Waals surface area contributed by atoms with Crippen LogP contribution in [0.25, 0.3) is 0 Å². The van der Waals surface area contributed by atoms with Gasteiger partial charge in [-0.1, -0.05) is 30.3 Å². The number of benzene rings is 1. The van der Waals surface area contributed by atoms with Crippen LogP contribution in [-0.2, 0) is 10.3 Å². The molecule has 2 fully saturated rings. The molecular weight excluding hydrogens is 359 g/mol. The molecule has 2 heterocycles. The van der Waals surface area contributed by atoms with Gasteiger partial charge in [0.1, 0.15) is 0 Å². The van der Waals surface area contributed by atoms with Crippen molar-refractivity contribution in [2.45, 2.75) is 31.5 Å². The predicted octanol–water partition coefficient (Wildman–Crippen LogP) is 2.51. The first kappa shape index (κ1) is 19.9. The molecule has 0 bridgehead atoms. The van der Waals surface area contributed by atoms with E-state index in [2.05, 4.69) is 10.3 Å². The summed E-state index contributed by atoms with van der Waals surface area (Å²) >= 11 is 0. The molecule has 1 aromatic carbocycles. The third kappa shape index (κ3) is 4.06. The summed E-state index contributed by atoms with van der Waals surface area (Å²) in [6, 6.07) is 7.12. The molecule has 150 valence electrons. The molecule has 27 heavy (non-hydrogen) atoms. The van der Waals surface area contributed by atoms with Gasteiger partial charge in [0.15, 0.2) is 5.96 Å². The summed E-state index contributed by atoms with van der Waals surface area (Å²) in [6.45, 7) is 4.44. The molecule has 2 aliphatic heterocycles. The lowest BCUT2D eigenvalue weighted by Gasteiger charge is -2.31. The van der Waals surface area contributed by atoms with Crippen molar-refractivity contribution in [3.8, 4) is 0 Å². The van der Waals surface area contributed by atoms with Crippen LogP contribution in [0.3, 0.4) is 0 Å². The highest BCUT2D eigenvalue weighted by molar-refractivity contribution is 5.80. The Morgan fingerprint density at radius 2 is 2.04 bits per heavy atom. The Kier molecular flexibility index (Phi) is 5.67. The highest BCUT2D eigenvalue weighted by atomic mass is 19.4. The molecule has 1 aromatic rings. The van der Waals surface area contributed by atoms with E-state index in [1.165, 1.54) is 24.3 Å². The molecule has 2 N–H and O–H groups in total. The van der Waals surface area contributed by atoms with E-state index in [4.69, 9.17) is 4.74 Å². The number of halogens is 3. The summed E-state index contributed by atoms with van der Waals surface area (Å²) in [4.78, 5) is 6.16. The Labute approximate surface area is 157 Å². The van der Waals surface area contributed by atoms with Gasteiger partial charge in [-0.25, -0.2) is 4.99 Å². The number of aliphatic hydroxyl groups is 1. The number of nitrogens with one attached hydrogen (secondary N) is 1. The Balaban J connectivity index is 1.82. The average molecular weight is 385 g/mol. The van der Waals surface area contributed by atoms with Crippen LogP contribution in [0, 0.1) is 5.41 Å². The van der Waals surface area contributed by atoms with Crippen molar-refractivity contribution in [3.05, 3.63) is 35.9 Å². The molecular formula is C19H26F3N3O2. The van der Waals surface area contributed by atoms with Crippen LogP contribution in [0.15, 0.2) is 35.3 Å². The summed E-state index contributed by atoms with van der Waals surface area (Å²) in [6.07, 6.45) is -2.94. The second-order valence-corrected chi connectivity index (χ2v) is 7.37. The SMILES string of the molecule is CCNC(=NCC(O)(c1ccccc1)C(F)(F)F)N1CCC2(CCOC2)C1. The summed E-state index contributed by atoms with van der Waals surface area (Å²) in [5.41, 5.74) is -3.17. The number of aliphatic imine (C=N–C) groups is 1. The Morgan fingerprint density at radius 3 is 2.63 bits per heavy atom. The molecule has 2 atom stereocenters. The molecule has 2 saturated heterocycles. The van der Waals surface area contributed by atoms with Gasteiger partial charge in [-0.15, -0.1) is 0 Å². The number of hydrogen-bond donors (Lipinski definition) is 2. The van der Waals surface area contributed by atoms with Gasteiger partial charge < -0.3 is 20.1 Å². The zero-order valence-corrected chi connectivity index (χ0v) is 15.4. The fourth-order valence-electron chi connectivity index (χ4n) is 3.76. The largest absolute Gasteiger partial charge is 0.423 e. The van der Waals surface area contributed by atoms with E-state index in [1.54, 1.807) is 6.07 Å². The molecule has 0 saturated carbocycles. The molecule has 0 aromatic heterocycles. The third-order valence-corrected chi connectivity index (χ3v) is 5.44. The van der Waals surface area contributed by atoms with Crippen LogP contribution in [0.1, 0.15) is 25.3 Å². The zero-order chi connectivity index (χ0) is 19.5. The highest BCUT2D eigenvalue weighted by Crippen LogP contribution is 2.40. The highest BCUT2D eigenvalue weighted by Gasteiger charge is 2.55. The van der Waals surface area contributed by atoms with Crippen LogP contribution in [0.2, 0.25) is 0 Å². The van der Waals surface area contributed by atoms with E-state index in [0.717, 1.165) is 19.4 Å². The van der Waals surface area contributed by atoms with Gasteiger partial charge in [0, 0.05) is 31.7 Å². The van der Waals surface area contributed by atoms with Crippen LogP contribution in [-0.4, -0.2) is 61.5 Å². The molecule has 3 rings (SSSR count). The Hall–Kier alpha value is -1.80. The fourth-order valence-corrected chi connectivity index (χ4v) is 3.76. The van der Waals surface area contributed by atoms with Crippen molar-refractivity contribution in [1.29, 1.82) is 0 Å². The van der Waals surface area contributed by atoms with Crippen LogP contribution >= 0.6 is 0 Å². The lowest BCUT2D eigenvalue weighted by Crippen LogP contribution is -2.47. The monoisotopic (exact) mass is 385 g/mol. The molecule has 0 radical (unpaired) electrons. The molecule has 0 aliphatic carbocycles. The van der Waals surface area contributed by atoms with Crippen molar-refractivity contribution in [2.75, 3.05) is 39.4 Å². The van der Waals surface area contributed by atoms with E-state index in [1.807, 2.05) is 11.8 Å². The molecule has 0 amide bonds. The van der Waals surface area contributed by atoms with Crippen molar-refractivity contribution >= 4 is 5.96 Å². The minimum Gasteiger partial charge on any atom is -0.381 e. The van der Waals surface area contributed by atoms with E-state index in [9.17, 15) is 18.3 Å². The predicted molar refractivity (Wildman–Crippen MR) is 96.4 cm³/mol. The van der Waals surface area contributed by atoms with Gasteiger partial charge in [-0.2, -0.15) is 13.2 Å². The standard InChI is InChI=1S/C19H26F3N3O2/c1-2-23-16(25-10-8-17(13-25)9-11-27-14-17)24-12-18(26,19(20,21)22)15-6-4-3-5-7-15/h3-7,26H,2,8-14H2,1H3,(H,23,24).